The minimum atomic E-state index is -0.217. The Kier molecular flexibility index (Phi) is 5.86. The molecule has 27 heavy (non-hydrogen) atoms. The van der Waals surface area contributed by atoms with Crippen LogP contribution in [-0.4, -0.2) is 73.2 Å². The van der Waals surface area contributed by atoms with Gasteiger partial charge < -0.3 is 20.1 Å². The average molecular weight is 376 g/mol. The minimum absolute atomic E-state index is 0.0384. The summed E-state index contributed by atoms with van der Waals surface area (Å²) in [6.07, 6.45) is 0. The predicted molar refractivity (Wildman–Crippen MR) is 102 cm³/mol. The summed E-state index contributed by atoms with van der Waals surface area (Å²) in [6.45, 7) is 9.93. The molecule has 2 heterocycles. The lowest BCUT2D eigenvalue weighted by Gasteiger charge is -2.34. The predicted octanol–water partition coefficient (Wildman–Crippen LogP) is 0.886. The van der Waals surface area contributed by atoms with E-state index in [-0.39, 0.29) is 24.1 Å². The molecule has 1 aromatic carbocycles. The summed E-state index contributed by atoms with van der Waals surface area (Å²) in [5.74, 6) is 1.32. The number of benzene rings is 1. The van der Waals surface area contributed by atoms with Crippen LogP contribution < -0.4 is 20.1 Å². The molecule has 8 nitrogen and oxygen atoms in total. The first-order valence-corrected chi connectivity index (χ1v) is 9.24. The van der Waals surface area contributed by atoms with Gasteiger partial charge in [-0.15, -0.1) is 0 Å². The lowest BCUT2D eigenvalue weighted by molar-refractivity contribution is -0.124. The second kappa shape index (κ2) is 8.14. The van der Waals surface area contributed by atoms with Gasteiger partial charge in [0.15, 0.2) is 11.5 Å². The first-order chi connectivity index (χ1) is 12.8. The molecular weight excluding hydrogens is 348 g/mol. The third kappa shape index (κ3) is 5.83. The number of hydrogen-bond donors (Lipinski definition) is 2. The first-order valence-electron chi connectivity index (χ1n) is 9.24. The first kappa shape index (κ1) is 19.4. The second-order valence-electron chi connectivity index (χ2n) is 7.97. The monoisotopic (exact) mass is 376 g/mol. The summed E-state index contributed by atoms with van der Waals surface area (Å²) >= 11 is 0. The van der Waals surface area contributed by atoms with Crippen LogP contribution in [0.25, 0.3) is 0 Å². The van der Waals surface area contributed by atoms with Crippen molar-refractivity contribution >= 4 is 17.5 Å². The molecule has 0 unspecified atom stereocenters. The summed E-state index contributed by atoms with van der Waals surface area (Å²) in [5, 5.41) is 5.87. The van der Waals surface area contributed by atoms with E-state index >= 15 is 0 Å². The van der Waals surface area contributed by atoms with Crippen molar-refractivity contribution in [3.8, 4) is 11.5 Å². The molecule has 1 aromatic rings. The van der Waals surface area contributed by atoms with Crippen molar-refractivity contribution in [2.75, 3.05) is 51.4 Å². The fraction of sp³-hybridized carbons (Fsp3) is 0.579. The summed E-state index contributed by atoms with van der Waals surface area (Å²) in [7, 11) is 0. The highest BCUT2D eigenvalue weighted by Gasteiger charge is 2.22. The van der Waals surface area contributed by atoms with Crippen LogP contribution in [0.15, 0.2) is 18.2 Å². The summed E-state index contributed by atoms with van der Waals surface area (Å²) < 4.78 is 10.6. The maximum absolute atomic E-state index is 12.3. The third-order valence-corrected chi connectivity index (χ3v) is 4.37. The number of carbonyl (C=O) groups excluding carboxylic acids is 2. The van der Waals surface area contributed by atoms with Crippen LogP contribution in [0.2, 0.25) is 0 Å². The lowest BCUT2D eigenvalue weighted by Crippen LogP contribution is -2.52. The van der Waals surface area contributed by atoms with E-state index in [1.807, 2.05) is 20.8 Å². The molecule has 1 fully saturated rings. The van der Waals surface area contributed by atoms with Crippen molar-refractivity contribution in [1.82, 2.24) is 15.1 Å². The Bertz CT molecular complexity index is 693. The number of carbonyl (C=O) groups is 2. The molecule has 2 N–H and O–H groups in total. The Morgan fingerprint density at radius 1 is 0.963 bits per heavy atom. The third-order valence-electron chi connectivity index (χ3n) is 4.37. The molecule has 0 spiro atoms. The van der Waals surface area contributed by atoms with Crippen molar-refractivity contribution in [1.29, 1.82) is 0 Å². The highest BCUT2D eigenvalue weighted by Crippen LogP contribution is 2.34. The van der Waals surface area contributed by atoms with E-state index in [0.717, 1.165) is 26.2 Å². The van der Waals surface area contributed by atoms with Gasteiger partial charge in [-0.05, 0) is 32.9 Å². The van der Waals surface area contributed by atoms with Crippen molar-refractivity contribution < 1.29 is 19.1 Å². The van der Waals surface area contributed by atoms with Crippen LogP contribution in [0.1, 0.15) is 20.8 Å². The molecule has 3 rings (SSSR count). The van der Waals surface area contributed by atoms with Crippen LogP contribution in [0, 0.1) is 0 Å². The zero-order chi connectivity index (χ0) is 19.4. The highest BCUT2D eigenvalue weighted by molar-refractivity contribution is 5.92. The standard InChI is InChI=1S/C19H28N4O4/c1-19(2,3)21-18(25)12-23-8-6-22(7-9-23)11-17(24)20-14-4-5-15-16(10-14)27-13-26-15/h4-5,10H,6-9,11-13H2,1-3H3,(H,20,24)(H,21,25). The van der Waals surface area contributed by atoms with Crippen LogP contribution in [0.3, 0.4) is 0 Å². The number of nitrogens with one attached hydrogen (secondary N) is 2. The van der Waals surface area contributed by atoms with Gasteiger partial charge in [0.2, 0.25) is 18.6 Å². The smallest absolute Gasteiger partial charge is 0.238 e. The SMILES string of the molecule is CC(C)(C)NC(=O)CN1CCN(CC(=O)Nc2ccc3c(c2)OCO3)CC1. The second-order valence-corrected chi connectivity index (χ2v) is 7.97. The maximum Gasteiger partial charge on any atom is 0.238 e. The van der Waals surface area contributed by atoms with Gasteiger partial charge in [0, 0.05) is 43.5 Å². The molecule has 2 aliphatic heterocycles. The number of nitrogens with zero attached hydrogens (tertiary/aromatic N) is 2. The number of fused-ring (bicyclic) bond motifs is 1. The Hall–Kier alpha value is -2.32. The zero-order valence-electron chi connectivity index (χ0n) is 16.2. The van der Waals surface area contributed by atoms with Gasteiger partial charge in [-0.25, -0.2) is 0 Å². The summed E-state index contributed by atoms with van der Waals surface area (Å²) in [4.78, 5) is 28.5. The summed E-state index contributed by atoms with van der Waals surface area (Å²) in [5.41, 5.74) is 0.480. The van der Waals surface area contributed by atoms with Gasteiger partial charge in [-0.3, -0.25) is 19.4 Å². The molecule has 2 amide bonds. The molecule has 1 saturated heterocycles. The normalized spacial score (nSPS) is 17.6. The Morgan fingerprint density at radius 2 is 1.56 bits per heavy atom. The van der Waals surface area contributed by atoms with Crippen molar-refractivity contribution in [3.63, 3.8) is 0 Å². The van der Waals surface area contributed by atoms with Crippen LogP contribution >= 0.6 is 0 Å². The van der Waals surface area contributed by atoms with Crippen molar-refractivity contribution in [2.45, 2.75) is 26.3 Å². The van der Waals surface area contributed by atoms with Gasteiger partial charge >= 0.3 is 0 Å². The number of ether oxygens (including phenoxy) is 2. The topological polar surface area (TPSA) is 83.1 Å². The molecular formula is C19H28N4O4. The highest BCUT2D eigenvalue weighted by atomic mass is 16.7. The van der Waals surface area contributed by atoms with Crippen molar-refractivity contribution in [2.24, 2.45) is 0 Å². The number of rotatable bonds is 5. The average Bonchev–Trinajstić information content (AvgIpc) is 3.02. The van der Waals surface area contributed by atoms with Crippen LogP contribution in [-0.2, 0) is 9.59 Å². The zero-order valence-corrected chi connectivity index (χ0v) is 16.2. The summed E-state index contributed by atoms with van der Waals surface area (Å²) in [6, 6.07) is 5.36. The molecule has 0 atom stereocenters. The van der Waals surface area contributed by atoms with Gasteiger partial charge in [-0.1, -0.05) is 0 Å². The van der Waals surface area contributed by atoms with E-state index in [0.29, 0.717) is 30.3 Å². The largest absolute Gasteiger partial charge is 0.454 e. The molecule has 0 aromatic heterocycles. The maximum atomic E-state index is 12.3. The lowest BCUT2D eigenvalue weighted by atomic mass is 10.1. The quantitative estimate of drug-likeness (QED) is 0.794. The van der Waals surface area contributed by atoms with Crippen LogP contribution in [0.5, 0.6) is 11.5 Å². The van der Waals surface area contributed by atoms with E-state index in [1.165, 1.54) is 0 Å². The van der Waals surface area contributed by atoms with Gasteiger partial charge in [0.1, 0.15) is 0 Å². The molecule has 0 radical (unpaired) electrons. The number of anilines is 1. The fourth-order valence-electron chi connectivity index (χ4n) is 3.14. The molecule has 0 aliphatic carbocycles. The molecule has 2 aliphatic rings. The molecule has 148 valence electrons. The Morgan fingerprint density at radius 3 is 2.19 bits per heavy atom. The Labute approximate surface area is 159 Å². The van der Waals surface area contributed by atoms with E-state index in [9.17, 15) is 9.59 Å². The van der Waals surface area contributed by atoms with Crippen molar-refractivity contribution in [3.05, 3.63) is 18.2 Å². The molecule has 0 bridgehead atoms. The van der Waals surface area contributed by atoms with E-state index < -0.39 is 0 Å². The van der Waals surface area contributed by atoms with Gasteiger partial charge in [-0.2, -0.15) is 0 Å². The molecule has 8 heteroatoms. The number of amides is 2. The minimum Gasteiger partial charge on any atom is -0.454 e. The van der Waals surface area contributed by atoms with Gasteiger partial charge in [0.25, 0.3) is 0 Å². The van der Waals surface area contributed by atoms with E-state index in [4.69, 9.17) is 9.47 Å². The van der Waals surface area contributed by atoms with Gasteiger partial charge in [0.05, 0.1) is 13.1 Å². The molecule has 0 saturated carbocycles. The number of hydrogen-bond acceptors (Lipinski definition) is 6. The van der Waals surface area contributed by atoms with Crippen LogP contribution in [0.4, 0.5) is 5.69 Å². The van der Waals surface area contributed by atoms with E-state index in [1.54, 1.807) is 18.2 Å². The van der Waals surface area contributed by atoms with E-state index in [2.05, 4.69) is 20.4 Å². The number of piperazine rings is 1. The Balaban J connectivity index is 1.40. The fourth-order valence-corrected chi connectivity index (χ4v) is 3.14.